The molecule has 4 aromatic rings. The quantitative estimate of drug-likeness (QED) is 0.540. The first-order chi connectivity index (χ1) is 15.3. The molecule has 1 aromatic carbocycles. The van der Waals surface area contributed by atoms with E-state index in [2.05, 4.69) is 22.4 Å². The van der Waals surface area contributed by atoms with E-state index in [9.17, 15) is 4.79 Å². The molecule has 156 valence electrons. The monoisotopic (exact) mass is 412 g/mol. The second-order valence-electron chi connectivity index (χ2n) is 7.84. The highest BCUT2D eigenvalue weighted by molar-refractivity contribution is 5.93. The Morgan fingerprint density at radius 1 is 1.03 bits per heavy atom. The van der Waals surface area contributed by atoms with Gasteiger partial charge in [0.05, 0.1) is 17.4 Å². The van der Waals surface area contributed by atoms with Crippen LogP contribution in [0.1, 0.15) is 40.5 Å². The van der Waals surface area contributed by atoms with E-state index in [4.69, 9.17) is 10.1 Å². The maximum absolute atomic E-state index is 12.6. The van der Waals surface area contributed by atoms with Crippen LogP contribution < -0.4 is 5.32 Å². The molecule has 1 fully saturated rings. The van der Waals surface area contributed by atoms with Crippen molar-refractivity contribution in [1.29, 1.82) is 0 Å². The molecule has 1 aliphatic rings. The van der Waals surface area contributed by atoms with Crippen molar-refractivity contribution in [3.05, 3.63) is 90.1 Å². The number of piperidine rings is 1. The van der Waals surface area contributed by atoms with Gasteiger partial charge in [-0.3, -0.25) is 9.78 Å². The molecule has 1 saturated heterocycles. The lowest BCUT2D eigenvalue weighted by atomic mass is 9.96. The molecule has 0 aliphatic carbocycles. The maximum Gasteiger partial charge on any atom is 0.255 e. The molecule has 0 unspecified atom stereocenters. The number of benzene rings is 1. The fraction of sp³-hybridized carbons (Fsp3) is 0.250. The molecule has 0 atom stereocenters. The summed E-state index contributed by atoms with van der Waals surface area (Å²) in [5.41, 5.74) is 3.72. The Bertz CT molecular complexity index is 1170. The highest BCUT2D eigenvalue weighted by Crippen LogP contribution is 2.27. The summed E-state index contributed by atoms with van der Waals surface area (Å²) in [6, 6.07) is 17.9. The number of likely N-dealkylation sites (tertiary alicyclic amines) is 1. The van der Waals surface area contributed by atoms with Crippen LogP contribution in [0.3, 0.4) is 0 Å². The van der Waals surface area contributed by atoms with Crippen molar-refractivity contribution in [2.75, 3.05) is 18.4 Å². The van der Waals surface area contributed by atoms with E-state index in [1.165, 1.54) is 5.56 Å². The molecule has 1 N–H and O–H groups in total. The third kappa shape index (κ3) is 4.26. The van der Waals surface area contributed by atoms with Gasteiger partial charge in [-0.15, -0.1) is 0 Å². The molecule has 0 spiro atoms. The van der Waals surface area contributed by atoms with Crippen molar-refractivity contribution >= 4 is 17.2 Å². The average molecular weight is 412 g/mol. The van der Waals surface area contributed by atoms with Gasteiger partial charge in [0.15, 0.2) is 11.5 Å². The number of anilines is 1. The molecule has 5 rings (SSSR count). The van der Waals surface area contributed by atoms with Gasteiger partial charge in [0.1, 0.15) is 0 Å². The summed E-state index contributed by atoms with van der Waals surface area (Å²) in [7, 11) is 0. The molecule has 7 nitrogen and oxygen atoms in total. The minimum Gasteiger partial charge on any atom is -0.380 e. The van der Waals surface area contributed by atoms with E-state index >= 15 is 0 Å². The summed E-state index contributed by atoms with van der Waals surface area (Å²) in [5.74, 6) is 1.16. The first-order valence-corrected chi connectivity index (χ1v) is 10.6. The Balaban J connectivity index is 1.23. The summed E-state index contributed by atoms with van der Waals surface area (Å²) in [6.07, 6.45) is 7.02. The normalized spacial score (nSPS) is 14.6. The van der Waals surface area contributed by atoms with Gasteiger partial charge in [-0.2, -0.15) is 5.10 Å². The van der Waals surface area contributed by atoms with Crippen LogP contribution in [0.5, 0.6) is 0 Å². The van der Waals surface area contributed by atoms with E-state index in [0.717, 1.165) is 36.5 Å². The minimum absolute atomic E-state index is 0.0450. The van der Waals surface area contributed by atoms with Crippen LogP contribution in [0.2, 0.25) is 0 Å². The van der Waals surface area contributed by atoms with Gasteiger partial charge in [-0.05, 0) is 42.7 Å². The van der Waals surface area contributed by atoms with Crippen LogP contribution in [-0.2, 0) is 6.54 Å². The molecule has 0 saturated carbocycles. The van der Waals surface area contributed by atoms with Crippen molar-refractivity contribution in [3.8, 4) is 0 Å². The standard InChI is InChI=1S/C24H24N6O/c31-24(20-7-4-12-25-16-20)29-13-10-19(11-14-29)23-27-22-9-8-21(17-30(22)28-23)26-15-18-5-2-1-3-6-18/h1-9,12,16-17,19,26H,10-11,13-15H2. The SMILES string of the molecule is O=C(c1cccnc1)N1CCC(c2nc3ccc(NCc4ccccc4)cn3n2)CC1. The summed E-state index contributed by atoms with van der Waals surface area (Å²) in [4.78, 5) is 23.3. The summed E-state index contributed by atoms with van der Waals surface area (Å²) >= 11 is 0. The predicted molar refractivity (Wildman–Crippen MR) is 119 cm³/mol. The Labute approximate surface area is 180 Å². The summed E-state index contributed by atoms with van der Waals surface area (Å²) in [5, 5.41) is 8.17. The number of carbonyl (C=O) groups is 1. The van der Waals surface area contributed by atoms with Crippen molar-refractivity contribution in [3.63, 3.8) is 0 Å². The number of fused-ring (bicyclic) bond motifs is 1. The van der Waals surface area contributed by atoms with Crippen molar-refractivity contribution in [2.24, 2.45) is 0 Å². The number of nitrogens with one attached hydrogen (secondary N) is 1. The van der Waals surface area contributed by atoms with E-state index in [0.29, 0.717) is 18.7 Å². The van der Waals surface area contributed by atoms with Crippen LogP contribution >= 0.6 is 0 Å². The van der Waals surface area contributed by atoms with E-state index in [1.54, 1.807) is 18.5 Å². The lowest BCUT2D eigenvalue weighted by Crippen LogP contribution is -2.38. The van der Waals surface area contributed by atoms with Crippen LogP contribution in [0.4, 0.5) is 5.69 Å². The Kier molecular flexibility index (Phi) is 5.31. The van der Waals surface area contributed by atoms with Crippen LogP contribution in [-0.4, -0.2) is 43.5 Å². The molecule has 0 radical (unpaired) electrons. The van der Waals surface area contributed by atoms with Gasteiger partial charge in [0.25, 0.3) is 5.91 Å². The third-order valence-corrected chi connectivity index (χ3v) is 5.74. The first-order valence-electron chi connectivity index (χ1n) is 10.6. The number of rotatable bonds is 5. The number of hydrogen-bond acceptors (Lipinski definition) is 5. The van der Waals surface area contributed by atoms with E-state index in [1.807, 2.05) is 52.0 Å². The number of hydrogen-bond donors (Lipinski definition) is 1. The molecule has 0 bridgehead atoms. The van der Waals surface area contributed by atoms with Crippen LogP contribution in [0.25, 0.3) is 5.65 Å². The highest BCUT2D eigenvalue weighted by atomic mass is 16.2. The zero-order valence-electron chi connectivity index (χ0n) is 17.2. The predicted octanol–water partition coefficient (Wildman–Crippen LogP) is 3.76. The average Bonchev–Trinajstić information content (AvgIpc) is 3.27. The van der Waals surface area contributed by atoms with Gasteiger partial charge < -0.3 is 10.2 Å². The van der Waals surface area contributed by atoms with Gasteiger partial charge in [0, 0.05) is 37.9 Å². The lowest BCUT2D eigenvalue weighted by molar-refractivity contribution is 0.0710. The van der Waals surface area contributed by atoms with Crippen molar-refractivity contribution < 1.29 is 4.79 Å². The molecule has 31 heavy (non-hydrogen) atoms. The zero-order chi connectivity index (χ0) is 21.0. The second kappa shape index (κ2) is 8.55. The smallest absolute Gasteiger partial charge is 0.255 e. The largest absolute Gasteiger partial charge is 0.380 e. The third-order valence-electron chi connectivity index (χ3n) is 5.74. The van der Waals surface area contributed by atoms with Crippen LogP contribution in [0.15, 0.2) is 73.2 Å². The molecule has 4 heterocycles. The summed E-state index contributed by atoms with van der Waals surface area (Å²) in [6.45, 7) is 2.17. The van der Waals surface area contributed by atoms with Gasteiger partial charge in [-0.1, -0.05) is 30.3 Å². The molecule has 7 heteroatoms. The topological polar surface area (TPSA) is 75.4 Å². The fourth-order valence-electron chi connectivity index (χ4n) is 3.99. The highest BCUT2D eigenvalue weighted by Gasteiger charge is 2.27. The van der Waals surface area contributed by atoms with Crippen LogP contribution in [0, 0.1) is 0 Å². The molecular weight excluding hydrogens is 388 g/mol. The van der Waals surface area contributed by atoms with E-state index < -0.39 is 0 Å². The maximum atomic E-state index is 12.6. The van der Waals surface area contributed by atoms with Gasteiger partial charge >= 0.3 is 0 Å². The molecular formula is C24H24N6O. The summed E-state index contributed by atoms with van der Waals surface area (Å²) < 4.78 is 1.84. The Morgan fingerprint density at radius 3 is 2.65 bits per heavy atom. The van der Waals surface area contributed by atoms with Crippen molar-refractivity contribution in [2.45, 2.75) is 25.3 Å². The number of aromatic nitrogens is 4. The van der Waals surface area contributed by atoms with Crippen molar-refractivity contribution in [1.82, 2.24) is 24.5 Å². The number of pyridine rings is 2. The number of amides is 1. The molecule has 1 aliphatic heterocycles. The fourth-order valence-corrected chi connectivity index (χ4v) is 3.99. The van der Waals surface area contributed by atoms with Gasteiger partial charge in [-0.25, -0.2) is 9.50 Å². The minimum atomic E-state index is 0.0450. The zero-order valence-corrected chi connectivity index (χ0v) is 17.2. The first kappa shape index (κ1) is 19.2. The Morgan fingerprint density at radius 2 is 1.87 bits per heavy atom. The molecule has 1 amide bonds. The number of nitrogens with zero attached hydrogens (tertiary/aromatic N) is 5. The van der Waals surface area contributed by atoms with Gasteiger partial charge in [0.2, 0.25) is 0 Å². The van der Waals surface area contributed by atoms with E-state index in [-0.39, 0.29) is 11.8 Å². The molecule has 3 aromatic heterocycles. The second-order valence-corrected chi connectivity index (χ2v) is 7.84. The number of carbonyl (C=O) groups excluding carboxylic acids is 1. The lowest BCUT2D eigenvalue weighted by Gasteiger charge is -2.30. The Hall–Kier alpha value is -3.74.